The minimum atomic E-state index is -0.459. The normalized spacial score (nSPS) is 10.4. The zero-order valence-electron chi connectivity index (χ0n) is 11.3. The Morgan fingerprint density at radius 3 is 2.00 bits per heavy atom. The average Bonchev–Trinajstić information content (AvgIpc) is 2.30. The van der Waals surface area contributed by atoms with Crippen LogP contribution in [0.15, 0.2) is 24.3 Å². The molecule has 0 spiro atoms. The van der Waals surface area contributed by atoms with Gasteiger partial charge in [-0.25, -0.2) is 0 Å². The standard InChI is InChI=1S/C14H17N3O2/c1-14(2,3)13(19)17-11-6-4-10(5-7-11)16-12(18)8-9-15/h4-7H,8H2,1-3H3,(H,16,18)(H,17,19). The number of nitrogens with zero attached hydrogens (tertiary/aromatic N) is 1. The van der Waals surface area contributed by atoms with Crippen molar-refractivity contribution in [2.45, 2.75) is 27.2 Å². The molecule has 2 amide bonds. The summed E-state index contributed by atoms with van der Waals surface area (Å²) in [5.74, 6) is -0.428. The van der Waals surface area contributed by atoms with Gasteiger partial charge in [0.05, 0.1) is 6.07 Å². The largest absolute Gasteiger partial charge is 0.326 e. The van der Waals surface area contributed by atoms with Gasteiger partial charge in [0.2, 0.25) is 11.8 Å². The first-order valence-corrected chi connectivity index (χ1v) is 5.91. The van der Waals surface area contributed by atoms with Gasteiger partial charge in [-0.1, -0.05) is 20.8 Å². The van der Waals surface area contributed by atoms with Crippen LogP contribution in [0.1, 0.15) is 27.2 Å². The number of nitrogens with one attached hydrogen (secondary N) is 2. The van der Waals surface area contributed by atoms with E-state index >= 15 is 0 Å². The van der Waals surface area contributed by atoms with Crippen LogP contribution in [0.5, 0.6) is 0 Å². The molecule has 5 nitrogen and oxygen atoms in total. The van der Waals surface area contributed by atoms with E-state index in [2.05, 4.69) is 10.6 Å². The van der Waals surface area contributed by atoms with Crippen molar-refractivity contribution in [2.75, 3.05) is 10.6 Å². The van der Waals surface area contributed by atoms with Crippen LogP contribution >= 0.6 is 0 Å². The van der Waals surface area contributed by atoms with Crippen molar-refractivity contribution < 1.29 is 9.59 Å². The number of benzene rings is 1. The van der Waals surface area contributed by atoms with E-state index in [1.54, 1.807) is 30.3 Å². The molecular weight excluding hydrogens is 242 g/mol. The van der Waals surface area contributed by atoms with Gasteiger partial charge in [0.15, 0.2) is 0 Å². The van der Waals surface area contributed by atoms with Gasteiger partial charge in [0, 0.05) is 16.8 Å². The summed E-state index contributed by atoms with van der Waals surface area (Å²) in [7, 11) is 0. The van der Waals surface area contributed by atoms with Crippen LogP contribution in [0.25, 0.3) is 0 Å². The van der Waals surface area contributed by atoms with E-state index in [1.165, 1.54) is 0 Å². The summed E-state index contributed by atoms with van der Waals surface area (Å²) >= 11 is 0. The maximum atomic E-state index is 11.8. The molecule has 0 aromatic heterocycles. The van der Waals surface area contributed by atoms with Crippen LogP contribution in [0.2, 0.25) is 0 Å². The lowest BCUT2D eigenvalue weighted by Crippen LogP contribution is -2.27. The molecule has 0 saturated carbocycles. The highest BCUT2D eigenvalue weighted by Crippen LogP contribution is 2.19. The molecule has 100 valence electrons. The minimum absolute atomic E-state index is 0.0752. The second-order valence-corrected chi connectivity index (χ2v) is 5.16. The maximum absolute atomic E-state index is 11.8. The Balaban J connectivity index is 2.65. The molecule has 1 aromatic rings. The quantitative estimate of drug-likeness (QED) is 0.875. The van der Waals surface area contributed by atoms with E-state index in [-0.39, 0.29) is 18.2 Å². The molecule has 2 N–H and O–H groups in total. The number of anilines is 2. The fraction of sp³-hybridized carbons (Fsp3) is 0.357. The van der Waals surface area contributed by atoms with Crippen LogP contribution in [0, 0.1) is 16.7 Å². The Labute approximate surface area is 112 Å². The fourth-order valence-corrected chi connectivity index (χ4v) is 1.23. The summed E-state index contributed by atoms with van der Waals surface area (Å²) in [6.45, 7) is 5.50. The van der Waals surface area contributed by atoms with Crippen LogP contribution < -0.4 is 10.6 Å². The average molecular weight is 259 g/mol. The topological polar surface area (TPSA) is 82.0 Å². The Morgan fingerprint density at radius 1 is 1.11 bits per heavy atom. The molecule has 0 unspecified atom stereocenters. The molecular formula is C14H17N3O2. The van der Waals surface area contributed by atoms with Crippen LogP contribution in [0.3, 0.4) is 0 Å². The first kappa shape index (κ1) is 14.7. The summed E-state index contributed by atoms with van der Waals surface area (Å²) in [5, 5.41) is 13.7. The molecule has 0 aliphatic carbocycles. The van der Waals surface area contributed by atoms with Crippen molar-refractivity contribution in [3.8, 4) is 6.07 Å². The van der Waals surface area contributed by atoms with Crippen molar-refractivity contribution in [1.29, 1.82) is 5.26 Å². The Kier molecular flexibility index (Phi) is 4.65. The molecule has 1 rings (SSSR count). The van der Waals surface area contributed by atoms with E-state index in [0.29, 0.717) is 11.4 Å². The maximum Gasteiger partial charge on any atom is 0.238 e. The number of hydrogen-bond donors (Lipinski definition) is 2. The smallest absolute Gasteiger partial charge is 0.238 e. The van der Waals surface area contributed by atoms with Crippen molar-refractivity contribution in [3.63, 3.8) is 0 Å². The zero-order chi connectivity index (χ0) is 14.5. The van der Waals surface area contributed by atoms with Gasteiger partial charge in [-0.15, -0.1) is 0 Å². The summed E-state index contributed by atoms with van der Waals surface area (Å²) < 4.78 is 0. The second-order valence-electron chi connectivity index (χ2n) is 5.16. The van der Waals surface area contributed by atoms with Gasteiger partial charge in [-0.05, 0) is 24.3 Å². The number of amides is 2. The highest BCUT2D eigenvalue weighted by atomic mass is 16.2. The van der Waals surface area contributed by atoms with Gasteiger partial charge < -0.3 is 10.6 Å². The molecule has 19 heavy (non-hydrogen) atoms. The van der Waals surface area contributed by atoms with E-state index in [9.17, 15) is 9.59 Å². The molecule has 5 heteroatoms. The Hall–Kier alpha value is -2.35. The molecule has 0 bridgehead atoms. The zero-order valence-corrected chi connectivity index (χ0v) is 11.3. The molecule has 1 aromatic carbocycles. The first-order valence-electron chi connectivity index (χ1n) is 5.91. The summed E-state index contributed by atoms with van der Waals surface area (Å²) in [4.78, 5) is 23.0. The van der Waals surface area contributed by atoms with Crippen molar-refractivity contribution in [2.24, 2.45) is 5.41 Å². The summed E-state index contributed by atoms with van der Waals surface area (Å²) in [6, 6.07) is 8.52. The highest BCUT2D eigenvalue weighted by Gasteiger charge is 2.20. The third kappa shape index (κ3) is 4.80. The lowest BCUT2D eigenvalue weighted by Gasteiger charge is -2.17. The number of hydrogen-bond acceptors (Lipinski definition) is 3. The van der Waals surface area contributed by atoms with Crippen molar-refractivity contribution in [3.05, 3.63) is 24.3 Å². The van der Waals surface area contributed by atoms with E-state index in [4.69, 9.17) is 5.26 Å². The molecule has 0 saturated heterocycles. The second kappa shape index (κ2) is 6.01. The number of carbonyl (C=O) groups excluding carboxylic acids is 2. The van der Waals surface area contributed by atoms with Crippen LogP contribution in [-0.4, -0.2) is 11.8 Å². The van der Waals surface area contributed by atoms with Gasteiger partial charge in [-0.2, -0.15) is 5.26 Å². The van der Waals surface area contributed by atoms with E-state index in [0.717, 1.165) is 0 Å². The Bertz CT molecular complexity index is 507. The molecule has 0 heterocycles. The predicted octanol–water partition coefficient (Wildman–Crippen LogP) is 2.52. The molecule has 0 atom stereocenters. The van der Waals surface area contributed by atoms with Gasteiger partial charge >= 0.3 is 0 Å². The number of carbonyl (C=O) groups is 2. The van der Waals surface area contributed by atoms with Crippen LogP contribution in [-0.2, 0) is 9.59 Å². The summed E-state index contributed by atoms with van der Waals surface area (Å²) in [5.41, 5.74) is 0.798. The monoisotopic (exact) mass is 259 g/mol. The van der Waals surface area contributed by atoms with Gasteiger partial charge in [0.1, 0.15) is 6.42 Å². The van der Waals surface area contributed by atoms with Gasteiger partial charge in [0.25, 0.3) is 0 Å². The minimum Gasteiger partial charge on any atom is -0.326 e. The predicted molar refractivity (Wildman–Crippen MR) is 73.4 cm³/mol. The first-order chi connectivity index (χ1) is 8.82. The molecule has 0 fully saturated rings. The fourth-order valence-electron chi connectivity index (χ4n) is 1.23. The molecule has 0 radical (unpaired) electrons. The van der Waals surface area contributed by atoms with E-state index in [1.807, 2.05) is 20.8 Å². The van der Waals surface area contributed by atoms with Crippen molar-refractivity contribution >= 4 is 23.2 Å². The Morgan fingerprint density at radius 2 is 1.58 bits per heavy atom. The van der Waals surface area contributed by atoms with Gasteiger partial charge in [-0.3, -0.25) is 9.59 Å². The number of rotatable bonds is 3. The van der Waals surface area contributed by atoms with Crippen molar-refractivity contribution in [1.82, 2.24) is 0 Å². The lowest BCUT2D eigenvalue weighted by atomic mass is 9.95. The lowest BCUT2D eigenvalue weighted by molar-refractivity contribution is -0.123. The third-order valence-corrected chi connectivity index (χ3v) is 2.35. The third-order valence-electron chi connectivity index (χ3n) is 2.35. The van der Waals surface area contributed by atoms with Crippen LogP contribution in [0.4, 0.5) is 11.4 Å². The molecule has 0 aliphatic heterocycles. The molecule has 0 aliphatic rings. The highest BCUT2D eigenvalue weighted by molar-refractivity contribution is 5.95. The van der Waals surface area contributed by atoms with E-state index < -0.39 is 5.41 Å². The SMILES string of the molecule is CC(C)(C)C(=O)Nc1ccc(NC(=O)CC#N)cc1. The summed E-state index contributed by atoms with van der Waals surface area (Å²) in [6.07, 6.45) is -0.178. The number of nitriles is 1.